The maximum Gasteiger partial charge on any atom is 0.411 e. The minimum Gasteiger partial charge on any atom is -0.466 e. The highest BCUT2D eigenvalue weighted by atomic mass is 16.6. The Bertz CT molecular complexity index is 1490. The number of esters is 1. The normalized spacial score (nSPS) is 16.4. The molecule has 0 radical (unpaired) electrons. The molecule has 0 bridgehead atoms. The summed E-state index contributed by atoms with van der Waals surface area (Å²) in [6.45, 7) is 4.32. The second kappa shape index (κ2) is 11.9. The standard InChI is InChI=1S/C31H30N4O5/c1-3-38-29(36)15-21-8-7-11-25(14-21)39-27-13-12-23(26-17-34-28(32)18-33-26)16-24(27)19-35-20(2)30(40-31(35)37)22-9-5-4-6-10-22/h4-14,16-18,20,30H,3,15,19H2,1-2H3,(H2,32,34). The number of ether oxygens (including phenoxy) is 3. The fourth-order valence-electron chi connectivity index (χ4n) is 4.66. The summed E-state index contributed by atoms with van der Waals surface area (Å²) < 4.78 is 17.1. The predicted molar refractivity (Wildman–Crippen MR) is 149 cm³/mol. The van der Waals surface area contributed by atoms with Crippen molar-refractivity contribution in [1.82, 2.24) is 14.9 Å². The molecular formula is C31H30N4O5. The zero-order valence-corrected chi connectivity index (χ0v) is 22.3. The molecule has 1 fully saturated rings. The summed E-state index contributed by atoms with van der Waals surface area (Å²) in [6, 6.07) is 22.4. The first-order valence-electron chi connectivity index (χ1n) is 13.1. The second-order valence-corrected chi connectivity index (χ2v) is 9.46. The van der Waals surface area contributed by atoms with E-state index in [4.69, 9.17) is 19.9 Å². The molecule has 1 aliphatic heterocycles. The topological polar surface area (TPSA) is 117 Å². The lowest BCUT2D eigenvalue weighted by molar-refractivity contribution is -0.142. The Hall–Kier alpha value is -4.92. The van der Waals surface area contributed by atoms with Gasteiger partial charge in [-0.25, -0.2) is 9.78 Å². The van der Waals surface area contributed by atoms with Crippen LogP contribution in [0.25, 0.3) is 11.3 Å². The third kappa shape index (κ3) is 6.04. The van der Waals surface area contributed by atoms with Gasteiger partial charge in [-0.2, -0.15) is 0 Å². The largest absolute Gasteiger partial charge is 0.466 e. The van der Waals surface area contributed by atoms with Gasteiger partial charge < -0.3 is 19.9 Å². The van der Waals surface area contributed by atoms with Crippen molar-refractivity contribution in [3.8, 4) is 22.8 Å². The van der Waals surface area contributed by atoms with Crippen molar-refractivity contribution in [1.29, 1.82) is 0 Å². The highest BCUT2D eigenvalue weighted by Crippen LogP contribution is 2.36. The number of nitrogens with two attached hydrogens (primary N) is 1. The van der Waals surface area contributed by atoms with Gasteiger partial charge in [-0.1, -0.05) is 42.5 Å². The van der Waals surface area contributed by atoms with Gasteiger partial charge in [-0.3, -0.25) is 14.7 Å². The van der Waals surface area contributed by atoms with E-state index in [2.05, 4.69) is 9.97 Å². The molecule has 9 heteroatoms. The predicted octanol–water partition coefficient (Wildman–Crippen LogP) is 5.71. The molecule has 0 saturated carbocycles. The van der Waals surface area contributed by atoms with Crippen LogP contribution in [0.1, 0.15) is 36.6 Å². The van der Waals surface area contributed by atoms with E-state index in [0.717, 1.165) is 22.3 Å². The second-order valence-electron chi connectivity index (χ2n) is 9.46. The number of nitrogens with zero attached hydrogens (tertiary/aromatic N) is 3. The molecule has 0 spiro atoms. The van der Waals surface area contributed by atoms with Crippen molar-refractivity contribution in [2.45, 2.75) is 39.0 Å². The van der Waals surface area contributed by atoms with Crippen molar-refractivity contribution in [3.63, 3.8) is 0 Å². The lowest BCUT2D eigenvalue weighted by atomic mass is 10.0. The van der Waals surface area contributed by atoms with Gasteiger partial charge in [0.25, 0.3) is 0 Å². The molecule has 2 N–H and O–H groups in total. The number of carbonyl (C=O) groups excluding carboxylic acids is 2. The van der Waals surface area contributed by atoms with Crippen LogP contribution in [0.4, 0.5) is 10.6 Å². The maximum atomic E-state index is 13.0. The van der Waals surface area contributed by atoms with E-state index in [-0.39, 0.29) is 31.1 Å². The molecule has 1 saturated heterocycles. The van der Waals surface area contributed by atoms with E-state index >= 15 is 0 Å². The Balaban J connectivity index is 1.45. The molecule has 2 unspecified atom stereocenters. The number of benzene rings is 3. The average Bonchev–Trinajstić information content (AvgIpc) is 3.23. The number of anilines is 1. The number of hydrogen-bond donors (Lipinski definition) is 1. The molecule has 0 aliphatic carbocycles. The van der Waals surface area contributed by atoms with Crippen LogP contribution in [0.3, 0.4) is 0 Å². The number of rotatable bonds is 9. The summed E-state index contributed by atoms with van der Waals surface area (Å²) in [4.78, 5) is 35.2. The molecule has 1 amide bonds. The molecule has 2 heterocycles. The first-order chi connectivity index (χ1) is 19.4. The van der Waals surface area contributed by atoms with Crippen LogP contribution in [0, 0.1) is 0 Å². The van der Waals surface area contributed by atoms with Crippen LogP contribution < -0.4 is 10.5 Å². The number of amides is 1. The zero-order chi connectivity index (χ0) is 28.1. The Morgan fingerprint density at radius 1 is 1.02 bits per heavy atom. The Morgan fingerprint density at radius 3 is 2.60 bits per heavy atom. The minimum absolute atomic E-state index is 0.144. The van der Waals surface area contributed by atoms with E-state index in [1.807, 2.05) is 73.7 Å². The quantitative estimate of drug-likeness (QED) is 0.270. The zero-order valence-electron chi connectivity index (χ0n) is 22.3. The Morgan fingerprint density at radius 2 is 1.85 bits per heavy atom. The fraction of sp³-hybridized carbons (Fsp3) is 0.226. The lowest BCUT2D eigenvalue weighted by Gasteiger charge is -2.23. The average molecular weight is 539 g/mol. The molecule has 40 heavy (non-hydrogen) atoms. The monoisotopic (exact) mass is 538 g/mol. The number of nitrogen functional groups attached to an aromatic ring is 1. The first-order valence-corrected chi connectivity index (χ1v) is 13.1. The van der Waals surface area contributed by atoms with Gasteiger partial charge in [0.2, 0.25) is 0 Å². The van der Waals surface area contributed by atoms with Crippen LogP contribution in [-0.2, 0) is 27.2 Å². The molecular weight excluding hydrogens is 508 g/mol. The van der Waals surface area contributed by atoms with Gasteiger partial charge in [0, 0.05) is 11.1 Å². The number of hydrogen-bond acceptors (Lipinski definition) is 8. The molecule has 1 aromatic heterocycles. The number of carbonyl (C=O) groups is 2. The van der Waals surface area contributed by atoms with Gasteiger partial charge in [0.1, 0.15) is 23.4 Å². The van der Waals surface area contributed by atoms with Crippen molar-refractivity contribution in [2.75, 3.05) is 12.3 Å². The van der Waals surface area contributed by atoms with Crippen LogP contribution in [-0.4, -0.2) is 39.6 Å². The van der Waals surface area contributed by atoms with Crippen molar-refractivity contribution in [3.05, 3.63) is 102 Å². The van der Waals surface area contributed by atoms with E-state index in [1.165, 1.54) is 6.20 Å². The van der Waals surface area contributed by atoms with Crippen LogP contribution in [0.15, 0.2) is 85.2 Å². The van der Waals surface area contributed by atoms with Crippen molar-refractivity contribution in [2.24, 2.45) is 0 Å². The van der Waals surface area contributed by atoms with Crippen LogP contribution in [0.5, 0.6) is 11.5 Å². The summed E-state index contributed by atoms with van der Waals surface area (Å²) in [5.41, 5.74) is 9.62. The SMILES string of the molecule is CCOC(=O)Cc1cccc(Oc2ccc(-c3cnc(N)cn3)cc2CN2C(=O)OC(c3ccccc3)C2C)c1. The fourth-order valence-corrected chi connectivity index (χ4v) is 4.66. The number of cyclic esters (lactones) is 1. The Labute approximate surface area is 232 Å². The van der Waals surface area contributed by atoms with E-state index in [0.29, 0.717) is 29.6 Å². The Kier molecular flexibility index (Phi) is 7.91. The van der Waals surface area contributed by atoms with Crippen LogP contribution in [0.2, 0.25) is 0 Å². The van der Waals surface area contributed by atoms with E-state index < -0.39 is 6.09 Å². The van der Waals surface area contributed by atoms with Crippen LogP contribution >= 0.6 is 0 Å². The van der Waals surface area contributed by atoms with Gasteiger partial charge >= 0.3 is 12.1 Å². The van der Waals surface area contributed by atoms with Gasteiger partial charge in [0.05, 0.1) is 43.7 Å². The van der Waals surface area contributed by atoms with Crippen molar-refractivity contribution >= 4 is 17.9 Å². The highest BCUT2D eigenvalue weighted by Gasteiger charge is 2.40. The summed E-state index contributed by atoms with van der Waals surface area (Å²) in [5.74, 6) is 1.14. The summed E-state index contributed by atoms with van der Waals surface area (Å²) in [5, 5.41) is 0. The van der Waals surface area contributed by atoms with E-state index in [1.54, 1.807) is 24.1 Å². The highest BCUT2D eigenvalue weighted by molar-refractivity contribution is 5.73. The molecule has 1 aliphatic rings. The summed E-state index contributed by atoms with van der Waals surface area (Å²) in [7, 11) is 0. The molecule has 4 aromatic rings. The summed E-state index contributed by atoms with van der Waals surface area (Å²) >= 11 is 0. The molecule has 204 valence electrons. The molecule has 9 nitrogen and oxygen atoms in total. The van der Waals surface area contributed by atoms with Gasteiger partial charge in [0.15, 0.2) is 0 Å². The van der Waals surface area contributed by atoms with Crippen molar-refractivity contribution < 1.29 is 23.8 Å². The minimum atomic E-state index is -0.401. The van der Waals surface area contributed by atoms with Gasteiger partial charge in [-0.05, 0) is 55.3 Å². The smallest absolute Gasteiger partial charge is 0.411 e. The molecule has 5 rings (SSSR count). The maximum absolute atomic E-state index is 13.0. The number of aromatic nitrogens is 2. The van der Waals surface area contributed by atoms with Gasteiger partial charge in [-0.15, -0.1) is 0 Å². The summed E-state index contributed by atoms with van der Waals surface area (Å²) in [6.07, 6.45) is 2.46. The first kappa shape index (κ1) is 26.7. The molecule has 2 atom stereocenters. The van der Waals surface area contributed by atoms with E-state index in [9.17, 15) is 9.59 Å². The third-order valence-electron chi connectivity index (χ3n) is 6.67. The third-order valence-corrected chi connectivity index (χ3v) is 6.67. The molecule has 3 aromatic carbocycles. The lowest BCUT2D eigenvalue weighted by Crippen LogP contribution is -2.31.